The molecule has 1 heterocycles. The second kappa shape index (κ2) is 11.6. The fourth-order valence-corrected chi connectivity index (χ4v) is 5.42. The van der Waals surface area contributed by atoms with E-state index in [2.05, 4.69) is 15.0 Å². The lowest BCUT2D eigenvalue weighted by molar-refractivity contribution is 0.0953. The number of H-pyrrole nitrogens is 1. The number of hydrogen-bond acceptors (Lipinski definition) is 7. The number of thioether (sulfide) groups is 1. The third-order valence-corrected chi connectivity index (χ3v) is 7.98. The predicted octanol–water partition coefficient (Wildman–Crippen LogP) is 4.04. The van der Waals surface area contributed by atoms with Crippen LogP contribution in [0, 0.1) is 0 Å². The van der Waals surface area contributed by atoms with Crippen LogP contribution in [0.4, 0.5) is 5.69 Å². The van der Waals surface area contributed by atoms with Gasteiger partial charge in [-0.1, -0.05) is 12.1 Å². The van der Waals surface area contributed by atoms with Crippen LogP contribution in [0.5, 0.6) is 11.5 Å². The Kier molecular flexibility index (Phi) is 8.28. The number of fused-ring (bicyclic) bond motifs is 1. The third-order valence-electron chi connectivity index (χ3n) is 5.88. The van der Waals surface area contributed by atoms with Gasteiger partial charge in [0.2, 0.25) is 5.43 Å². The van der Waals surface area contributed by atoms with Gasteiger partial charge in [0, 0.05) is 34.2 Å². The molecule has 0 aliphatic heterocycles. The van der Waals surface area contributed by atoms with E-state index >= 15 is 0 Å². The molecule has 9 nitrogen and oxygen atoms in total. The Bertz CT molecular complexity index is 1650. The van der Waals surface area contributed by atoms with Gasteiger partial charge in [0.25, 0.3) is 15.9 Å². The summed E-state index contributed by atoms with van der Waals surface area (Å²) in [5.74, 6) is 0.626. The zero-order valence-corrected chi connectivity index (χ0v) is 22.7. The Labute approximate surface area is 224 Å². The number of sulfonamides is 1. The molecule has 4 rings (SSSR count). The summed E-state index contributed by atoms with van der Waals surface area (Å²) in [5.41, 5.74) is 1.07. The topological polar surface area (TPSA) is 127 Å². The molecule has 0 saturated heterocycles. The van der Waals surface area contributed by atoms with Gasteiger partial charge in [-0.05, 0) is 66.8 Å². The molecular weight excluding hydrogens is 526 g/mol. The van der Waals surface area contributed by atoms with Crippen LogP contribution < -0.4 is 24.9 Å². The number of hydrogen-bond donors (Lipinski definition) is 3. The van der Waals surface area contributed by atoms with Crippen LogP contribution >= 0.6 is 11.8 Å². The molecule has 0 aliphatic rings. The Morgan fingerprint density at radius 3 is 2.53 bits per heavy atom. The maximum Gasteiger partial charge on any atom is 0.261 e. The normalized spacial score (nSPS) is 11.2. The van der Waals surface area contributed by atoms with Crippen LogP contribution in [0.1, 0.15) is 15.9 Å². The number of nitrogens with one attached hydrogen (secondary N) is 3. The lowest BCUT2D eigenvalue weighted by atomic mass is 10.1. The molecule has 3 aromatic carbocycles. The average Bonchev–Trinajstić information content (AvgIpc) is 2.92. The monoisotopic (exact) mass is 553 g/mol. The van der Waals surface area contributed by atoms with Gasteiger partial charge in [-0.3, -0.25) is 14.3 Å². The summed E-state index contributed by atoms with van der Waals surface area (Å²) in [4.78, 5) is 29.7. The summed E-state index contributed by atoms with van der Waals surface area (Å²) in [6.45, 7) is 0.277. The molecule has 11 heteroatoms. The van der Waals surface area contributed by atoms with Crippen molar-refractivity contribution in [3.8, 4) is 11.5 Å². The van der Waals surface area contributed by atoms with E-state index in [4.69, 9.17) is 9.47 Å². The first-order valence-corrected chi connectivity index (χ1v) is 14.3. The van der Waals surface area contributed by atoms with Crippen LogP contribution in [-0.4, -0.2) is 46.3 Å². The van der Waals surface area contributed by atoms with Crippen molar-refractivity contribution in [2.75, 3.05) is 31.7 Å². The molecular formula is C27H27N3O6S2. The average molecular weight is 554 g/mol. The summed E-state index contributed by atoms with van der Waals surface area (Å²) in [5, 5.41) is 2.84. The molecule has 0 aliphatic carbocycles. The van der Waals surface area contributed by atoms with Gasteiger partial charge >= 0.3 is 0 Å². The van der Waals surface area contributed by atoms with Crippen molar-refractivity contribution in [2.24, 2.45) is 0 Å². The minimum Gasteiger partial charge on any atom is -0.493 e. The molecule has 1 amide bonds. The first-order valence-electron chi connectivity index (χ1n) is 11.6. The minimum absolute atomic E-state index is 0.0870. The van der Waals surface area contributed by atoms with E-state index in [0.717, 1.165) is 10.5 Å². The molecule has 0 fully saturated rings. The van der Waals surface area contributed by atoms with Crippen molar-refractivity contribution >= 4 is 44.3 Å². The van der Waals surface area contributed by atoms with E-state index < -0.39 is 21.4 Å². The Morgan fingerprint density at radius 1 is 1.00 bits per heavy atom. The smallest absolute Gasteiger partial charge is 0.261 e. The van der Waals surface area contributed by atoms with Crippen molar-refractivity contribution in [1.82, 2.24) is 10.3 Å². The number of aromatic nitrogens is 1. The molecule has 0 radical (unpaired) electrons. The lowest BCUT2D eigenvalue weighted by Gasteiger charge is -2.11. The van der Waals surface area contributed by atoms with Gasteiger partial charge in [0.05, 0.1) is 19.1 Å². The first kappa shape index (κ1) is 27.1. The number of benzene rings is 3. The third kappa shape index (κ3) is 5.95. The van der Waals surface area contributed by atoms with Gasteiger partial charge in [-0.2, -0.15) is 0 Å². The van der Waals surface area contributed by atoms with Gasteiger partial charge < -0.3 is 19.8 Å². The van der Waals surface area contributed by atoms with Crippen LogP contribution in [-0.2, 0) is 16.4 Å². The second-order valence-electron chi connectivity index (χ2n) is 8.27. The number of methoxy groups -OCH3 is 2. The summed E-state index contributed by atoms with van der Waals surface area (Å²) in [6.07, 6.45) is 3.73. The maximum absolute atomic E-state index is 13.1. The number of aromatic amines is 1. The lowest BCUT2D eigenvalue weighted by Crippen LogP contribution is -2.30. The second-order valence-corrected chi connectivity index (χ2v) is 10.8. The van der Waals surface area contributed by atoms with Crippen molar-refractivity contribution in [3.05, 3.63) is 88.2 Å². The molecule has 198 valence electrons. The summed E-state index contributed by atoms with van der Waals surface area (Å²) >= 11 is 1.49. The number of rotatable bonds is 10. The highest BCUT2D eigenvalue weighted by Gasteiger charge is 2.18. The van der Waals surface area contributed by atoms with E-state index in [0.29, 0.717) is 29.1 Å². The molecule has 0 saturated carbocycles. The van der Waals surface area contributed by atoms with Crippen molar-refractivity contribution < 1.29 is 22.7 Å². The summed E-state index contributed by atoms with van der Waals surface area (Å²) in [7, 11) is -0.866. The number of pyridine rings is 1. The van der Waals surface area contributed by atoms with Crippen LogP contribution in [0.3, 0.4) is 0 Å². The van der Waals surface area contributed by atoms with E-state index in [9.17, 15) is 18.0 Å². The van der Waals surface area contributed by atoms with Crippen LogP contribution in [0.15, 0.2) is 81.4 Å². The first-order chi connectivity index (χ1) is 18.2. The van der Waals surface area contributed by atoms with E-state index in [1.807, 2.05) is 24.5 Å². The number of amides is 1. The molecule has 1 aromatic heterocycles. The number of carbonyl (C=O) groups is 1. The van der Waals surface area contributed by atoms with Crippen molar-refractivity contribution in [3.63, 3.8) is 0 Å². The molecule has 3 N–H and O–H groups in total. The zero-order chi connectivity index (χ0) is 27.3. The fourth-order valence-electron chi connectivity index (χ4n) is 3.89. The van der Waals surface area contributed by atoms with Gasteiger partial charge in [0.15, 0.2) is 11.5 Å². The number of ether oxygens (including phenoxy) is 2. The number of anilines is 1. The molecule has 0 unspecified atom stereocenters. The SMILES string of the molecule is COc1ccc(CCNC(=O)c2c[nH]c3ccc(S(=O)(=O)Nc4cccc(SC)c4)cc3c2=O)cc1OC. The summed E-state index contributed by atoms with van der Waals surface area (Å²) in [6, 6.07) is 16.6. The van der Waals surface area contributed by atoms with E-state index in [-0.39, 0.29) is 22.4 Å². The Balaban J connectivity index is 1.52. The van der Waals surface area contributed by atoms with Crippen LogP contribution in [0.25, 0.3) is 10.9 Å². The zero-order valence-electron chi connectivity index (χ0n) is 21.0. The van der Waals surface area contributed by atoms with Crippen LogP contribution in [0.2, 0.25) is 0 Å². The predicted molar refractivity (Wildman–Crippen MR) is 149 cm³/mol. The molecule has 4 aromatic rings. The molecule has 0 bridgehead atoms. The Hall–Kier alpha value is -3.96. The van der Waals surface area contributed by atoms with Gasteiger partial charge in [0.1, 0.15) is 5.56 Å². The highest BCUT2D eigenvalue weighted by molar-refractivity contribution is 7.98. The molecule has 38 heavy (non-hydrogen) atoms. The largest absolute Gasteiger partial charge is 0.493 e. The maximum atomic E-state index is 13.1. The highest BCUT2D eigenvalue weighted by atomic mass is 32.2. The van der Waals surface area contributed by atoms with Crippen molar-refractivity contribution in [1.29, 1.82) is 0 Å². The van der Waals surface area contributed by atoms with E-state index in [1.165, 1.54) is 36.2 Å². The van der Waals surface area contributed by atoms with E-state index in [1.54, 1.807) is 38.5 Å². The quantitative estimate of drug-likeness (QED) is 0.253. The molecule has 0 atom stereocenters. The van der Waals surface area contributed by atoms with Gasteiger partial charge in [-0.15, -0.1) is 11.8 Å². The Morgan fingerprint density at radius 2 is 1.79 bits per heavy atom. The van der Waals surface area contributed by atoms with Crippen molar-refractivity contribution in [2.45, 2.75) is 16.2 Å². The van der Waals surface area contributed by atoms with Gasteiger partial charge in [-0.25, -0.2) is 8.42 Å². The fraction of sp³-hybridized carbons (Fsp3) is 0.185. The standard InChI is InChI=1S/C27H27N3O6S2/c1-35-24-10-7-17(13-25(24)36-2)11-12-28-27(32)22-16-29-23-9-8-20(15-21(23)26(22)31)38(33,34)30-18-5-4-6-19(14-18)37-3/h4-10,13-16,30H,11-12H2,1-3H3,(H,28,32)(H,29,31). The molecule has 0 spiro atoms. The number of carbonyl (C=O) groups excluding carboxylic acids is 1. The minimum atomic E-state index is -3.97. The highest BCUT2D eigenvalue weighted by Crippen LogP contribution is 2.27. The summed E-state index contributed by atoms with van der Waals surface area (Å²) < 4.78 is 39.1.